The molecular weight excluding hydrogens is 234 g/mol. The fraction of sp³-hybridized carbons (Fsp3) is 0.375. The summed E-state index contributed by atoms with van der Waals surface area (Å²) in [4.78, 5) is 8.51. The van der Waals surface area contributed by atoms with Crippen LogP contribution in [0.4, 0.5) is 0 Å². The van der Waals surface area contributed by atoms with Gasteiger partial charge in [0.1, 0.15) is 5.82 Å². The Labute approximate surface area is 114 Å². The first-order chi connectivity index (χ1) is 9.33. The molecule has 1 N–H and O–H groups in total. The first kappa shape index (κ1) is 12.3. The summed E-state index contributed by atoms with van der Waals surface area (Å²) in [5, 5.41) is 3.48. The van der Waals surface area contributed by atoms with E-state index in [1.54, 1.807) is 0 Å². The molecule has 1 aromatic heterocycles. The van der Waals surface area contributed by atoms with Crippen molar-refractivity contribution in [3.63, 3.8) is 0 Å². The number of nitrogens with zero attached hydrogens (tertiary/aromatic N) is 2. The van der Waals surface area contributed by atoms with Crippen LogP contribution in [0.25, 0.3) is 0 Å². The summed E-state index contributed by atoms with van der Waals surface area (Å²) in [7, 11) is 0. The van der Waals surface area contributed by atoms with E-state index < -0.39 is 0 Å². The lowest BCUT2D eigenvalue weighted by Gasteiger charge is -2.09. The Morgan fingerprint density at radius 2 is 2.00 bits per heavy atom. The van der Waals surface area contributed by atoms with Gasteiger partial charge < -0.3 is 5.32 Å². The quantitative estimate of drug-likeness (QED) is 0.890. The van der Waals surface area contributed by atoms with Gasteiger partial charge in [0, 0.05) is 19.3 Å². The maximum atomic E-state index is 4.40. The lowest BCUT2D eigenvalue weighted by molar-refractivity contribution is 0.670. The highest BCUT2D eigenvalue weighted by Crippen LogP contribution is 2.41. The molecule has 0 saturated heterocycles. The van der Waals surface area contributed by atoms with Gasteiger partial charge in [0.15, 0.2) is 0 Å². The third kappa shape index (κ3) is 3.18. The molecule has 3 nitrogen and oxygen atoms in total. The van der Waals surface area contributed by atoms with Crippen LogP contribution < -0.4 is 5.32 Å². The van der Waals surface area contributed by atoms with Crippen molar-refractivity contribution in [3.8, 4) is 0 Å². The highest BCUT2D eigenvalue weighted by molar-refractivity contribution is 5.33. The van der Waals surface area contributed by atoms with Crippen LogP contribution in [0.15, 0.2) is 36.5 Å². The van der Waals surface area contributed by atoms with E-state index in [0.717, 1.165) is 30.5 Å². The maximum absolute atomic E-state index is 4.40. The summed E-state index contributed by atoms with van der Waals surface area (Å²) >= 11 is 0. The van der Waals surface area contributed by atoms with Gasteiger partial charge in [-0.2, -0.15) is 0 Å². The molecule has 0 atom stereocenters. The van der Waals surface area contributed by atoms with Crippen LogP contribution >= 0.6 is 0 Å². The number of aryl methyl sites for hydroxylation is 1. The third-order valence-corrected chi connectivity index (χ3v) is 3.53. The van der Waals surface area contributed by atoms with Crippen LogP contribution in [0.5, 0.6) is 0 Å². The topological polar surface area (TPSA) is 37.8 Å². The Bertz CT molecular complexity index is 561. The Hall–Kier alpha value is -1.74. The lowest BCUT2D eigenvalue weighted by Crippen LogP contribution is -2.15. The number of hydrogen-bond donors (Lipinski definition) is 1. The summed E-state index contributed by atoms with van der Waals surface area (Å²) in [6.45, 7) is 3.63. The smallest absolute Gasteiger partial charge is 0.125 e. The predicted molar refractivity (Wildman–Crippen MR) is 75.7 cm³/mol. The van der Waals surface area contributed by atoms with E-state index in [1.165, 1.54) is 24.0 Å². The molecule has 3 heteroatoms. The molecular formula is C16H19N3. The van der Waals surface area contributed by atoms with Crippen LogP contribution in [0.1, 0.15) is 41.4 Å². The van der Waals surface area contributed by atoms with Gasteiger partial charge in [-0.15, -0.1) is 0 Å². The summed E-state index contributed by atoms with van der Waals surface area (Å²) < 4.78 is 0. The second-order valence-corrected chi connectivity index (χ2v) is 5.17. The number of aromatic nitrogens is 2. The normalized spacial score (nSPS) is 14.6. The second-order valence-electron chi connectivity index (χ2n) is 5.17. The van der Waals surface area contributed by atoms with Crippen molar-refractivity contribution in [2.45, 2.75) is 38.8 Å². The first-order valence-electron chi connectivity index (χ1n) is 6.90. The molecule has 0 unspecified atom stereocenters. The first-order valence-corrected chi connectivity index (χ1v) is 6.90. The third-order valence-electron chi connectivity index (χ3n) is 3.53. The molecule has 1 saturated carbocycles. The minimum absolute atomic E-state index is 0.794. The molecule has 0 amide bonds. The molecule has 2 aromatic rings. The summed E-state index contributed by atoms with van der Waals surface area (Å²) in [5.41, 5.74) is 4.00. The van der Waals surface area contributed by atoms with Crippen LogP contribution in [-0.2, 0) is 13.1 Å². The zero-order valence-corrected chi connectivity index (χ0v) is 11.3. The molecule has 3 rings (SSSR count). The molecule has 98 valence electrons. The van der Waals surface area contributed by atoms with Gasteiger partial charge in [-0.3, -0.25) is 0 Å². The van der Waals surface area contributed by atoms with Crippen LogP contribution in [0.3, 0.4) is 0 Å². The zero-order valence-electron chi connectivity index (χ0n) is 11.3. The molecule has 1 aromatic carbocycles. The van der Waals surface area contributed by atoms with Crippen molar-refractivity contribution in [2.75, 3.05) is 0 Å². The molecule has 1 fully saturated rings. The summed E-state index contributed by atoms with van der Waals surface area (Å²) in [5.74, 6) is 1.64. The zero-order chi connectivity index (χ0) is 13.1. The average molecular weight is 253 g/mol. The van der Waals surface area contributed by atoms with Gasteiger partial charge in [-0.1, -0.05) is 24.3 Å². The Kier molecular flexibility index (Phi) is 3.56. The van der Waals surface area contributed by atoms with Crippen molar-refractivity contribution < 1.29 is 0 Å². The fourth-order valence-electron chi connectivity index (χ4n) is 2.42. The van der Waals surface area contributed by atoms with E-state index in [2.05, 4.69) is 39.6 Å². The SMILES string of the molecule is Cc1nccc(CNCc2ccccc2C2CC2)n1. The van der Waals surface area contributed by atoms with Gasteiger partial charge in [0.05, 0.1) is 5.69 Å². The van der Waals surface area contributed by atoms with Crippen molar-refractivity contribution in [2.24, 2.45) is 0 Å². The Morgan fingerprint density at radius 3 is 2.79 bits per heavy atom. The van der Waals surface area contributed by atoms with E-state index in [0.29, 0.717) is 0 Å². The van der Waals surface area contributed by atoms with E-state index in [4.69, 9.17) is 0 Å². The molecule has 0 spiro atoms. The summed E-state index contributed by atoms with van der Waals surface area (Å²) in [6.07, 6.45) is 4.52. The van der Waals surface area contributed by atoms with Gasteiger partial charge >= 0.3 is 0 Å². The number of rotatable bonds is 5. The van der Waals surface area contributed by atoms with E-state index in [9.17, 15) is 0 Å². The second kappa shape index (κ2) is 5.49. The molecule has 1 heterocycles. The van der Waals surface area contributed by atoms with Gasteiger partial charge in [-0.05, 0) is 42.9 Å². The Balaban J connectivity index is 1.60. The number of benzene rings is 1. The van der Waals surface area contributed by atoms with Crippen LogP contribution in [0.2, 0.25) is 0 Å². The van der Waals surface area contributed by atoms with Crippen molar-refractivity contribution in [3.05, 3.63) is 59.2 Å². The van der Waals surface area contributed by atoms with Gasteiger partial charge in [-0.25, -0.2) is 9.97 Å². The maximum Gasteiger partial charge on any atom is 0.125 e. The van der Waals surface area contributed by atoms with E-state index >= 15 is 0 Å². The van der Waals surface area contributed by atoms with Crippen molar-refractivity contribution in [1.29, 1.82) is 0 Å². The van der Waals surface area contributed by atoms with E-state index in [1.807, 2.05) is 19.2 Å². The van der Waals surface area contributed by atoms with Crippen molar-refractivity contribution in [1.82, 2.24) is 15.3 Å². The lowest BCUT2D eigenvalue weighted by atomic mass is 10.0. The van der Waals surface area contributed by atoms with Crippen molar-refractivity contribution >= 4 is 0 Å². The van der Waals surface area contributed by atoms with Gasteiger partial charge in [0.25, 0.3) is 0 Å². The summed E-state index contributed by atoms with van der Waals surface area (Å²) in [6, 6.07) is 10.7. The molecule has 1 aliphatic rings. The number of hydrogen-bond acceptors (Lipinski definition) is 3. The van der Waals surface area contributed by atoms with Crippen LogP contribution in [-0.4, -0.2) is 9.97 Å². The fourth-order valence-corrected chi connectivity index (χ4v) is 2.42. The Morgan fingerprint density at radius 1 is 1.16 bits per heavy atom. The monoisotopic (exact) mass is 253 g/mol. The van der Waals surface area contributed by atoms with E-state index in [-0.39, 0.29) is 0 Å². The standard InChI is InChI=1S/C16H19N3/c1-12-18-9-8-15(19-12)11-17-10-14-4-2-3-5-16(14)13-6-7-13/h2-5,8-9,13,17H,6-7,10-11H2,1H3. The van der Waals surface area contributed by atoms with Crippen LogP contribution in [0, 0.1) is 6.92 Å². The average Bonchev–Trinajstić information content (AvgIpc) is 3.24. The van der Waals surface area contributed by atoms with Gasteiger partial charge in [0.2, 0.25) is 0 Å². The number of nitrogens with one attached hydrogen (secondary N) is 1. The molecule has 0 bridgehead atoms. The molecule has 1 aliphatic carbocycles. The predicted octanol–water partition coefficient (Wildman–Crippen LogP) is 2.95. The highest BCUT2D eigenvalue weighted by atomic mass is 14.9. The largest absolute Gasteiger partial charge is 0.307 e. The molecule has 0 radical (unpaired) electrons. The minimum atomic E-state index is 0.794. The highest BCUT2D eigenvalue weighted by Gasteiger charge is 2.25. The minimum Gasteiger partial charge on any atom is -0.307 e. The molecule has 0 aliphatic heterocycles. The molecule has 19 heavy (non-hydrogen) atoms.